The van der Waals surface area contributed by atoms with E-state index in [1.165, 1.54) is 0 Å². The van der Waals surface area contributed by atoms with Crippen molar-refractivity contribution in [2.75, 3.05) is 26.6 Å². The molecule has 0 atom stereocenters. The number of pyridine rings is 1. The van der Waals surface area contributed by atoms with E-state index in [1.807, 2.05) is 0 Å². The predicted molar refractivity (Wildman–Crippen MR) is 69.1 cm³/mol. The molecule has 0 aliphatic rings. The molecule has 1 aromatic carbocycles. The van der Waals surface area contributed by atoms with Gasteiger partial charge in [0, 0.05) is 18.5 Å². The predicted octanol–water partition coefficient (Wildman–Crippen LogP) is 2.17. The summed E-state index contributed by atoms with van der Waals surface area (Å²) in [5, 5.41) is 12.8. The van der Waals surface area contributed by atoms with Crippen LogP contribution in [0.15, 0.2) is 18.2 Å². The zero-order chi connectivity index (χ0) is 13.1. The van der Waals surface area contributed by atoms with Gasteiger partial charge in [-0.05, 0) is 12.1 Å². The maximum atomic E-state index is 9.20. The number of benzene rings is 1. The van der Waals surface area contributed by atoms with E-state index in [-0.39, 0.29) is 0 Å². The molecule has 92 valence electrons. The molecule has 0 bridgehead atoms. The Morgan fingerprint density at radius 1 is 1.22 bits per heavy atom. The third-order valence-corrected chi connectivity index (χ3v) is 2.68. The molecule has 2 rings (SSSR count). The lowest BCUT2D eigenvalue weighted by molar-refractivity contribution is 0.397. The first kappa shape index (κ1) is 12.0. The van der Waals surface area contributed by atoms with Crippen molar-refractivity contribution in [3.05, 3.63) is 23.8 Å². The third-order valence-electron chi connectivity index (χ3n) is 2.68. The zero-order valence-electron chi connectivity index (χ0n) is 10.4. The minimum absolute atomic E-state index is 0.529. The molecule has 1 heterocycles. The van der Waals surface area contributed by atoms with Crippen LogP contribution in [0.2, 0.25) is 0 Å². The normalized spacial score (nSPS) is 9.89. The van der Waals surface area contributed by atoms with Crippen LogP contribution in [0, 0.1) is 11.3 Å². The lowest BCUT2D eigenvalue weighted by Crippen LogP contribution is -1.97. The molecule has 1 N–H and O–H groups in total. The second kappa shape index (κ2) is 4.80. The van der Waals surface area contributed by atoms with E-state index in [1.54, 1.807) is 39.5 Å². The topological polar surface area (TPSA) is 67.2 Å². The summed E-state index contributed by atoms with van der Waals surface area (Å²) in [4.78, 5) is 4.41. The number of aromatic nitrogens is 1. The summed E-state index contributed by atoms with van der Waals surface area (Å²) in [6.45, 7) is 0. The fourth-order valence-electron chi connectivity index (χ4n) is 1.76. The SMILES string of the molecule is CNc1cc(C#N)c2cc(OC)cc(OC)c2n1. The van der Waals surface area contributed by atoms with Crippen molar-refractivity contribution >= 4 is 16.7 Å². The van der Waals surface area contributed by atoms with Crippen LogP contribution >= 0.6 is 0 Å². The Hall–Kier alpha value is -2.48. The standard InChI is InChI=1S/C13H13N3O2/c1-15-12-4-8(7-14)10-5-9(17-2)6-11(18-3)13(10)16-12/h4-6H,1-3H3,(H,15,16). The number of methoxy groups -OCH3 is 2. The van der Waals surface area contributed by atoms with Gasteiger partial charge in [0.2, 0.25) is 0 Å². The summed E-state index contributed by atoms with van der Waals surface area (Å²) in [6, 6.07) is 7.38. The molecular formula is C13H13N3O2. The zero-order valence-corrected chi connectivity index (χ0v) is 10.4. The number of nitrogens with one attached hydrogen (secondary N) is 1. The number of ether oxygens (including phenoxy) is 2. The first-order chi connectivity index (χ1) is 8.73. The highest BCUT2D eigenvalue weighted by atomic mass is 16.5. The summed E-state index contributed by atoms with van der Waals surface area (Å²) in [5.41, 5.74) is 1.17. The summed E-state index contributed by atoms with van der Waals surface area (Å²) in [6.07, 6.45) is 0. The highest BCUT2D eigenvalue weighted by Crippen LogP contribution is 2.32. The van der Waals surface area contributed by atoms with Gasteiger partial charge in [0.25, 0.3) is 0 Å². The lowest BCUT2D eigenvalue weighted by Gasteiger charge is -2.10. The monoisotopic (exact) mass is 243 g/mol. The highest BCUT2D eigenvalue weighted by Gasteiger charge is 2.12. The smallest absolute Gasteiger partial charge is 0.148 e. The third kappa shape index (κ3) is 1.89. The second-order valence-corrected chi connectivity index (χ2v) is 3.64. The van der Waals surface area contributed by atoms with Gasteiger partial charge in [0.1, 0.15) is 22.8 Å². The Bertz CT molecular complexity index is 632. The van der Waals surface area contributed by atoms with Crippen LogP contribution < -0.4 is 14.8 Å². The van der Waals surface area contributed by atoms with E-state index in [4.69, 9.17) is 9.47 Å². The molecule has 0 aliphatic heterocycles. The number of nitriles is 1. The van der Waals surface area contributed by atoms with Crippen LogP contribution in [0.4, 0.5) is 5.82 Å². The van der Waals surface area contributed by atoms with E-state index in [0.717, 1.165) is 0 Å². The van der Waals surface area contributed by atoms with Gasteiger partial charge in [-0.2, -0.15) is 5.26 Å². The molecule has 0 radical (unpaired) electrons. The average molecular weight is 243 g/mol. The van der Waals surface area contributed by atoms with Crippen molar-refractivity contribution in [2.24, 2.45) is 0 Å². The van der Waals surface area contributed by atoms with Crippen LogP contribution in [0.25, 0.3) is 10.9 Å². The first-order valence-corrected chi connectivity index (χ1v) is 5.38. The average Bonchev–Trinajstić information content (AvgIpc) is 2.44. The van der Waals surface area contributed by atoms with Crippen molar-refractivity contribution in [3.8, 4) is 17.6 Å². The fraction of sp³-hybridized carbons (Fsp3) is 0.231. The largest absolute Gasteiger partial charge is 0.497 e. The van der Waals surface area contributed by atoms with Crippen LogP contribution in [0.1, 0.15) is 5.56 Å². The fourth-order valence-corrected chi connectivity index (χ4v) is 1.76. The van der Waals surface area contributed by atoms with Crippen molar-refractivity contribution in [2.45, 2.75) is 0 Å². The molecule has 18 heavy (non-hydrogen) atoms. The van der Waals surface area contributed by atoms with Crippen molar-refractivity contribution < 1.29 is 9.47 Å². The van der Waals surface area contributed by atoms with Crippen LogP contribution in [-0.4, -0.2) is 26.3 Å². The van der Waals surface area contributed by atoms with Gasteiger partial charge in [0.05, 0.1) is 25.9 Å². The van der Waals surface area contributed by atoms with E-state index >= 15 is 0 Å². The molecule has 0 saturated heterocycles. The molecule has 1 aromatic heterocycles. The Balaban J connectivity index is 2.86. The minimum Gasteiger partial charge on any atom is -0.497 e. The molecule has 5 heteroatoms. The molecule has 0 spiro atoms. The molecule has 0 fully saturated rings. The number of fused-ring (bicyclic) bond motifs is 1. The maximum Gasteiger partial charge on any atom is 0.148 e. The second-order valence-electron chi connectivity index (χ2n) is 3.64. The molecular weight excluding hydrogens is 230 g/mol. The van der Waals surface area contributed by atoms with Crippen LogP contribution in [-0.2, 0) is 0 Å². The number of anilines is 1. The highest BCUT2D eigenvalue weighted by molar-refractivity contribution is 5.92. The molecule has 0 saturated carbocycles. The Labute approximate surface area is 105 Å². The Morgan fingerprint density at radius 2 is 2.00 bits per heavy atom. The number of hydrogen-bond donors (Lipinski definition) is 1. The molecule has 0 amide bonds. The number of nitrogens with zero attached hydrogens (tertiary/aromatic N) is 2. The molecule has 5 nitrogen and oxygen atoms in total. The van der Waals surface area contributed by atoms with Gasteiger partial charge >= 0.3 is 0 Å². The van der Waals surface area contributed by atoms with Crippen molar-refractivity contribution in [1.82, 2.24) is 4.98 Å². The van der Waals surface area contributed by atoms with E-state index < -0.39 is 0 Å². The van der Waals surface area contributed by atoms with Crippen LogP contribution in [0.3, 0.4) is 0 Å². The summed E-state index contributed by atoms with van der Waals surface area (Å²) < 4.78 is 10.5. The van der Waals surface area contributed by atoms with Crippen molar-refractivity contribution in [1.29, 1.82) is 5.26 Å². The van der Waals surface area contributed by atoms with Gasteiger partial charge < -0.3 is 14.8 Å². The number of hydrogen-bond acceptors (Lipinski definition) is 5. The molecule has 2 aromatic rings. The molecule has 0 unspecified atom stereocenters. The van der Waals surface area contributed by atoms with Gasteiger partial charge in [0.15, 0.2) is 0 Å². The first-order valence-electron chi connectivity index (χ1n) is 5.38. The Kier molecular flexibility index (Phi) is 3.20. The van der Waals surface area contributed by atoms with Gasteiger partial charge in [-0.3, -0.25) is 0 Å². The van der Waals surface area contributed by atoms with Crippen molar-refractivity contribution in [3.63, 3.8) is 0 Å². The van der Waals surface area contributed by atoms with E-state index in [2.05, 4.69) is 16.4 Å². The summed E-state index contributed by atoms with van der Waals surface area (Å²) in [5.74, 6) is 1.84. The Morgan fingerprint density at radius 3 is 2.56 bits per heavy atom. The quantitative estimate of drug-likeness (QED) is 0.894. The van der Waals surface area contributed by atoms with E-state index in [0.29, 0.717) is 33.8 Å². The summed E-state index contributed by atoms with van der Waals surface area (Å²) >= 11 is 0. The van der Waals surface area contributed by atoms with Gasteiger partial charge in [-0.25, -0.2) is 4.98 Å². The van der Waals surface area contributed by atoms with Crippen LogP contribution in [0.5, 0.6) is 11.5 Å². The number of rotatable bonds is 3. The maximum absolute atomic E-state index is 9.20. The minimum atomic E-state index is 0.529. The lowest BCUT2D eigenvalue weighted by atomic mass is 10.1. The van der Waals surface area contributed by atoms with Gasteiger partial charge in [-0.15, -0.1) is 0 Å². The summed E-state index contributed by atoms with van der Waals surface area (Å²) in [7, 11) is 4.89. The molecule has 0 aliphatic carbocycles. The van der Waals surface area contributed by atoms with Gasteiger partial charge in [-0.1, -0.05) is 0 Å². The van der Waals surface area contributed by atoms with E-state index in [9.17, 15) is 5.26 Å².